The Balaban J connectivity index is 1.55. The van der Waals surface area contributed by atoms with E-state index < -0.39 is 0 Å². The van der Waals surface area contributed by atoms with E-state index in [1.54, 1.807) is 6.20 Å². The number of likely N-dealkylation sites (tertiary alicyclic amines) is 1. The zero-order chi connectivity index (χ0) is 24.1. The average molecular weight is 461 g/mol. The highest BCUT2D eigenvalue weighted by molar-refractivity contribution is 6.05. The lowest BCUT2D eigenvalue weighted by molar-refractivity contribution is 0.281. The van der Waals surface area contributed by atoms with Gasteiger partial charge in [0.05, 0.1) is 6.61 Å². The largest absolute Gasteiger partial charge is 0.392 e. The van der Waals surface area contributed by atoms with Crippen molar-refractivity contribution in [1.29, 1.82) is 5.41 Å². The van der Waals surface area contributed by atoms with Crippen LogP contribution < -0.4 is 4.90 Å². The number of pyridine rings is 1. The maximum Gasteiger partial charge on any atom is 0.219 e. The molecule has 34 heavy (non-hydrogen) atoms. The average Bonchev–Trinajstić information content (AvgIpc) is 3.30. The van der Waals surface area contributed by atoms with Crippen molar-refractivity contribution in [1.82, 2.24) is 14.8 Å². The number of guanidine groups is 1. The van der Waals surface area contributed by atoms with E-state index in [0.717, 1.165) is 73.9 Å². The summed E-state index contributed by atoms with van der Waals surface area (Å²) in [5.74, 6) is 2.19. The van der Waals surface area contributed by atoms with E-state index in [0.29, 0.717) is 12.0 Å². The third kappa shape index (κ3) is 5.47. The van der Waals surface area contributed by atoms with Crippen LogP contribution in [0.25, 0.3) is 5.57 Å². The number of hydrogen-bond donors (Lipinski definition) is 2. The van der Waals surface area contributed by atoms with Gasteiger partial charge in [0, 0.05) is 45.0 Å². The second-order valence-corrected chi connectivity index (χ2v) is 9.29. The predicted molar refractivity (Wildman–Crippen MR) is 139 cm³/mol. The fraction of sp³-hybridized carbons (Fsp3) is 0.444. The fourth-order valence-electron chi connectivity index (χ4n) is 4.78. The van der Waals surface area contributed by atoms with E-state index in [1.807, 2.05) is 31.2 Å². The molecule has 7 nitrogen and oxygen atoms in total. The van der Waals surface area contributed by atoms with Gasteiger partial charge in [-0.25, -0.2) is 4.98 Å². The molecule has 0 bridgehead atoms. The number of rotatable bonds is 4. The van der Waals surface area contributed by atoms with Crippen molar-refractivity contribution >= 4 is 23.2 Å². The molecule has 0 spiro atoms. The molecule has 2 aliphatic heterocycles. The standard InChI is InChI=1S/C27H36N6O/c1-20(24-9-5-4-6-10-24)17-25(30-27(28)33-11-7-8-22(33)3)31-12-14-32(15-13-31)26-21(2)16-23(19-34)18-29-26/h4-6,9-10,16-18,22,28,34H,7-8,11-15,19H2,1-3H3/b20-17+,28-27?,30-25?. The van der Waals surface area contributed by atoms with Gasteiger partial charge in [-0.1, -0.05) is 30.3 Å². The summed E-state index contributed by atoms with van der Waals surface area (Å²) >= 11 is 0. The van der Waals surface area contributed by atoms with Gasteiger partial charge in [0.1, 0.15) is 11.7 Å². The van der Waals surface area contributed by atoms with Gasteiger partial charge in [0.25, 0.3) is 0 Å². The Hall–Kier alpha value is -3.19. The third-order valence-electron chi connectivity index (χ3n) is 6.81. The summed E-state index contributed by atoms with van der Waals surface area (Å²) in [5, 5.41) is 18.1. The quantitative estimate of drug-likeness (QED) is 0.534. The van der Waals surface area contributed by atoms with E-state index >= 15 is 0 Å². The SMILES string of the molecule is C/C(=C\C(=NC(=N)N1CCCC1C)N1CCN(c2ncc(CO)cc2C)CC1)c1ccccc1. The number of allylic oxidation sites excluding steroid dienone is 1. The Morgan fingerprint density at radius 1 is 1.18 bits per heavy atom. The smallest absolute Gasteiger partial charge is 0.219 e. The van der Waals surface area contributed by atoms with Crippen LogP contribution in [-0.2, 0) is 6.61 Å². The Morgan fingerprint density at radius 3 is 2.53 bits per heavy atom. The summed E-state index contributed by atoms with van der Waals surface area (Å²) in [6.07, 6.45) is 6.12. The molecule has 1 unspecified atom stereocenters. The minimum absolute atomic E-state index is 0.0103. The molecule has 2 aromatic rings. The first-order valence-electron chi connectivity index (χ1n) is 12.2. The van der Waals surface area contributed by atoms with Crippen molar-refractivity contribution in [3.8, 4) is 0 Å². The topological polar surface area (TPSA) is 79.1 Å². The van der Waals surface area contributed by atoms with E-state index in [2.05, 4.69) is 51.7 Å². The molecular weight excluding hydrogens is 424 g/mol. The molecule has 1 atom stereocenters. The predicted octanol–water partition coefficient (Wildman–Crippen LogP) is 3.93. The van der Waals surface area contributed by atoms with Gasteiger partial charge in [0.2, 0.25) is 5.96 Å². The van der Waals surface area contributed by atoms with Crippen LogP contribution in [0.15, 0.2) is 53.7 Å². The summed E-state index contributed by atoms with van der Waals surface area (Å²) in [6.45, 7) is 10.5. The first kappa shape index (κ1) is 24.0. The Labute approximate surface area is 203 Å². The maximum absolute atomic E-state index is 9.38. The van der Waals surface area contributed by atoms with Crippen LogP contribution in [0.2, 0.25) is 0 Å². The van der Waals surface area contributed by atoms with E-state index in [-0.39, 0.29) is 6.61 Å². The molecule has 0 saturated carbocycles. The van der Waals surface area contributed by atoms with E-state index in [1.165, 1.54) is 5.56 Å². The molecule has 7 heteroatoms. The number of benzene rings is 1. The number of nitrogens with one attached hydrogen (secondary N) is 1. The van der Waals surface area contributed by atoms with Crippen LogP contribution in [0.5, 0.6) is 0 Å². The highest BCUT2D eigenvalue weighted by Gasteiger charge is 2.25. The molecule has 2 fully saturated rings. The molecule has 1 aromatic carbocycles. The number of anilines is 1. The number of aromatic nitrogens is 1. The molecule has 2 saturated heterocycles. The number of aliphatic imine (C=N–C) groups is 1. The maximum atomic E-state index is 9.38. The number of piperazine rings is 1. The number of aliphatic hydroxyl groups excluding tert-OH is 1. The molecule has 2 aliphatic rings. The van der Waals surface area contributed by atoms with Gasteiger partial charge in [-0.05, 0) is 68.0 Å². The zero-order valence-electron chi connectivity index (χ0n) is 20.5. The normalized spacial score (nSPS) is 19.6. The summed E-state index contributed by atoms with van der Waals surface area (Å²) in [4.78, 5) is 16.1. The molecule has 0 aliphatic carbocycles. The first-order valence-corrected chi connectivity index (χ1v) is 12.2. The summed E-state index contributed by atoms with van der Waals surface area (Å²) in [5.41, 5.74) is 4.23. The minimum Gasteiger partial charge on any atom is -0.392 e. The second-order valence-electron chi connectivity index (χ2n) is 9.29. The van der Waals surface area contributed by atoms with Gasteiger partial charge in [-0.2, -0.15) is 4.99 Å². The zero-order valence-corrected chi connectivity index (χ0v) is 20.5. The van der Waals surface area contributed by atoms with Crippen LogP contribution in [0.1, 0.15) is 43.4 Å². The minimum atomic E-state index is 0.0103. The molecule has 0 amide bonds. The van der Waals surface area contributed by atoms with Crippen LogP contribution in [0.3, 0.4) is 0 Å². The lowest BCUT2D eigenvalue weighted by Crippen LogP contribution is -2.49. The Kier molecular flexibility index (Phi) is 7.63. The van der Waals surface area contributed by atoms with Gasteiger partial charge in [-0.3, -0.25) is 5.41 Å². The third-order valence-corrected chi connectivity index (χ3v) is 6.81. The van der Waals surface area contributed by atoms with Crippen LogP contribution in [-0.4, -0.2) is 70.5 Å². The van der Waals surface area contributed by atoms with Gasteiger partial charge in [0.15, 0.2) is 0 Å². The number of amidine groups is 1. The van der Waals surface area contributed by atoms with E-state index in [9.17, 15) is 5.11 Å². The summed E-state index contributed by atoms with van der Waals surface area (Å²) in [7, 11) is 0. The molecule has 3 heterocycles. The molecule has 180 valence electrons. The van der Waals surface area contributed by atoms with Crippen molar-refractivity contribution in [3.63, 3.8) is 0 Å². The summed E-state index contributed by atoms with van der Waals surface area (Å²) in [6, 6.07) is 12.7. The van der Waals surface area contributed by atoms with Crippen molar-refractivity contribution in [2.75, 3.05) is 37.6 Å². The van der Waals surface area contributed by atoms with Crippen molar-refractivity contribution in [2.45, 2.75) is 46.3 Å². The Bertz CT molecular complexity index is 1060. The van der Waals surface area contributed by atoms with Crippen LogP contribution in [0, 0.1) is 12.3 Å². The van der Waals surface area contributed by atoms with Crippen molar-refractivity contribution in [3.05, 3.63) is 65.4 Å². The Morgan fingerprint density at radius 2 is 1.91 bits per heavy atom. The highest BCUT2D eigenvalue weighted by atomic mass is 16.3. The van der Waals surface area contributed by atoms with Gasteiger partial charge in [-0.15, -0.1) is 0 Å². The number of aliphatic hydroxyl groups is 1. The second kappa shape index (κ2) is 10.8. The first-order chi connectivity index (χ1) is 16.5. The highest BCUT2D eigenvalue weighted by Crippen LogP contribution is 2.22. The van der Waals surface area contributed by atoms with Crippen LogP contribution >= 0.6 is 0 Å². The fourth-order valence-corrected chi connectivity index (χ4v) is 4.78. The summed E-state index contributed by atoms with van der Waals surface area (Å²) < 4.78 is 0. The van der Waals surface area contributed by atoms with E-state index in [4.69, 9.17) is 10.4 Å². The lowest BCUT2D eigenvalue weighted by atomic mass is 10.1. The van der Waals surface area contributed by atoms with Crippen molar-refractivity contribution < 1.29 is 5.11 Å². The number of aryl methyl sites for hydroxylation is 1. The molecular formula is C27H36N6O. The van der Waals surface area contributed by atoms with Gasteiger partial charge >= 0.3 is 0 Å². The van der Waals surface area contributed by atoms with Crippen molar-refractivity contribution in [2.24, 2.45) is 4.99 Å². The molecule has 4 rings (SSSR count). The number of hydrogen-bond acceptors (Lipinski definition) is 4. The van der Waals surface area contributed by atoms with Crippen LogP contribution in [0.4, 0.5) is 5.82 Å². The monoisotopic (exact) mass is 460 g/mol. The molecule has 2 N–H and O–H groups in total. The van der Waals surface area contributed by atoms with Gasteiger partial charge < -0.3 is 19.8 Å². The molecule has 0 radical (unpaired) electrons. The lowest BCUT2D eigenvalue weighted by Gasteiger charge is -2.37. The molecule has 1 aromatic heterocycles. The number of nitrogens with zero attached hydrogens (tertiary/aromatic N) is 5.